The molecule has 3 amide bonds. The Labute approximate surface area is 156 Å². The van der Waals surface area contributed by atoms with E-state index in [1.165, 1.54) is 35.5 Å². The molecule has 2 aliphatic rings. The number of ketones is 1. The van der Waals surface area contributed by atoms with Crippen LogP contribution in [0.15, 0.2) is 24.3 Å². The fourth-order valence-electron chi connectivity index (χ4n) is 3.38. The van der Waals surface area contributed by atoms with Crippen molar-refractivity contribution in [3.63, 3.8) is 0 Å². The molecule has 2 aliphatic heterocycles. The van der Waals surface area contributed by atoms with Gasteiger partial charge in [-0.05, 0) is 44.0 Å². The van der Waals surface area contributed by atoms with Crippen molar-refractivity contribution in [3.8, 4) is 0 Å². The summed E-state index contributed by atoms with van der Waals surface area (Å²) < 4.78 is 39.5. The first-order valence-electron chi connectivity index (χ1n) is 8.52. The number of rotatable bonds is 5. The van der Waals surface area contributed by atoms with Gasteiger partial charge in [-0.1, -0.05) is 0 Å². The molecule has 2 saturated heterocycles. The van der Waals surface area contributed by atoms with Gasteiger partial charge >= 0.3 is 6.03 Å². The van der Waals surface area contributed by atoms with Gasteiger partial charge in [0.25, 0.3) is 5.91 Å². The minimum absolute atomic E-state index is 0.138. The maximum Gasteiger partial charge on any atom is 0.322 e. The van der Waals surface area contributed by atoms with Crippen LogP contribution in [0.4, 0.5) is 9.18 Å². The zero-order valence-corrected chi connectivity index (χ0v) is 15.5. The SMILES string of the molecule is C[C@]1(CS(=O)(=O)N2CCC(C(=O)c3ccc(F)cc3)CC2)NC(=O)NC1=O. The molecule has 10 heteroatoms. The summed E-state index contributed by atoms with van der Waals surface area (Å²) in [6.07, 6.45) is 0.676. The second-order valence-corrected chi connectivity index (χ2v) is 9.01. The molecule has 3 rings (SSSR count). The molecule has 0 radical (unpaired) electrons. The van der Waals surface area contributed by atoms with Crippen LogP contribution in [0.5, 0.6) is 0 Å². The molecule has 0 saturated carbocycles. The first-order valence-corrected chi connectivity index (χ1v) is 10.1. The Morgan fingerprint density at radius 1 is 1.22 bits per heavy atom. The number of imide groups is 1. The minimum atomic E-state index is -3.80. The number of urea groups is 1. The number of benzene rings is 1. The lowest BCUT2D eigenvalue weighted by Gasteiger charge is -2.32. The van der Waals surface area contributed by atoms with Gasteiger partial charge in [-0.25, -0.2) is 21.9 Å². The maximum atomic E-state index is 13.0. The second kappa shape index (κ2) is 7.01. The van der Waals surface area contributed by atoms with Crippen molar-refractivity contribution in [1.29, 1.82) is 0 Å². The fraction of sp³-hybridized carbons (Fsp3) is 0.471. The van der Waals surface area contributed by atoms with Gasteiger partial charge < -0.3 is 5.32 Å². The molecule has 2 fully saturated rings. The van der Waals surface area contributed by atoms with Crippen molar-refractivity contribution in [1.82, 2.24) is 14.9 Å². The number of nitrogens with one attached hydrogen (secondary N) is 2. The number of amides is 3. The van der Waals surface area contributed by atoms with Gasteiger partial charge in [0.2, 0.25) is 10.0 Å². The van der Waals surface area contributed by atoms with Crippen molar-refractivity contribution in [3.05, 3.63) is 35.6 Å². The molecule has 2 heterocycles. The molecule has 0 bridgehead atoms. The molecule has 0 spiro atoms. The number of hydrogen-bond donors (Lipinski definition) is 2. The molecule has 1 atom stereocenters. The Bertz CT molecular complexity index is 878. The highest BCUT2D eigenvalue weighted by Crippen LogP contribution is 2.25. The molecule has 0 aliphatic carbocycles. The van der Waals surface area contributed by atoms with Crippen LogP contribution in [0, 0.1) is 11.7 Å². The molecular weight excluding hydrogens is 377 g/mol. The number of carbonyl (C=O) groups is 3. The number of nitrogens with zero attached hydrogens (tertiary/aromatic N) is 1. The highest BCUT2D eigenvalue weighted by molar-refractivity contribution is 7.89. The number of Topliss-reactive ketones (excluding diaryl/α,β-unsaturated/α-hetero) is 1. The third kappa shape index (κ3) is 4.01. The monoisotopic (exact) mass is 397 g/mol. The van der Waals surface area contributed by atoms with E-state index in [0.717, 1.165) is 0 Å². The lowest BCUT2D eigenvalue weighted by molar-refractivity contribution is -0.122. The third-order valence-electron chi connectivity index (χ3n) is 4.94. The highest BCUT2D eigenvalue weighted by Gasteiger charge is 2.47. The summed E-state index contributed by atoms with van der Waals surface area (Å²) in [5.74, 6) is -2.14. The standard InChI is InChI=1S/C17H20FN3O5S/c1-17(15(23)19-16(24)20-17)10-27(25,26)21-8-6-12(7-9-21)14(22)11-2-4-13(18)5-3-11/h2-5,12H,6-10H2,1H3,(H2,19,20,23,24)/t17-/m1/s1. The van der Waals surface area contributed by atoms with E-state index in [1.54, 1.807) is 0 Å². The molecule has 2 N–H and O–H groups in total. The van der Waals surface area contributed by atoms with E-state index in [4.69, 9.17) is 0 Å². The molecule has 0 unspecified atom stereocenters. The summed E-state index contributed by atoms with van der Waals surface area (Å²) >= 11 is 0. The van der Waals surface area contributed by atoms with Crippen molar-refractivity contribution in [2.75, 3.05) is 18.8 Å². The fourth-order valence-corrected chi connectivity index (χ4v) is 5.27. The number of carbonyl (C=O) groups excluding carboxylic acids is 3. The number of sulfonamides is 1. The van der Waals surface area contributed by atoms with Gasteiger partial charge in [0.15, 0.2) is 5.78 Å². The third-order valence-corrected chi connectivity index (χ3v) is 7.03. The average Bonchev–Trinajstić information content (AvgIpc) is 2.86. The normalized spacial score (nSPS) is 24.5. The van der Waals surface area contributed by atoms with Crippen LogP contribution in [-0.4, -0.2) is 54.8 Å². The van der Waals surface area contributed by atoms with E-state index in [9.17, 15) is 27.2 Å². The Morgan fingerprint density at radius 3 is 2.33 bits per heavy atom. The van der Waals surface area contributed by atoms with Crippen LogP contribution >= 0.6 is 0 Å². The van der Waals surface area contributed by atoms with Crippen LogP contribution < -0.4 is 10.6 Å². The van der Waals surface area contributed by atoms with Gasteiger partial charge in [-0.3, -0.25) is 14.9 Å². The summed E-state index contributed by atoms with van der Waals surface area (Å²) in [6.45, 7) is 1.65. The van der Waals surface area contributed by atoms with Crippen molar-refractivity contribution in [2.24, 2.45) is 5.92 Å². The van der Waals surface area contributed by atoms with Crippen LogP contribution in [0.3, 0.4) is 0 Å². The van der Waals surface area contributed by atoms with Crippen molar-refractivity contribution < 1.29 is 27.2 Å². The maximum absolute atomic E-state index is 13.0. The molecule has 0 aromatic heterocycles. The molecule has 146 valence electrons. The summed E-state index contributed by atoms with van der Waals surface area (Å²) in [7, 11) is -3.80. The summed E-state index contributed by atoms with van der Waals surface area (Å²) in [5.41, 5.74) is -1.12. The summed E-state index contributed by atoms with van der Waals surface area (Å²) in [6, 6.07) is 4.55. The van der Waals surface area contributed by atoms with Gasteiger partial charge in [0.1, 0.15) is 11.4 Å². The first-order chi connectivity index (χ1) is 12.6. The van der Waals surface area contributed by atoms with Crippen LogP contribution in [-0.2, 0) is 14.8 Å². The molecule has 27 heavy (non-hydrogen) atoms. The Morgan fingerprint density at radius 2 is 1.81 bits per heavy atom. The van der Waals surface area contributed by atoms with Crippen LogP contribution in [0.25, 0.3) is 0 Å². The number of halogens is 1. The predicted molar refractivity (Wildman–Crippen MR) is 93.9 cm³/mol. The Hall–Kier alpha value is -2.33. The van der Waals surface area contributed by atoms with Crippen LogP contribution in [0.1, 0.15) is 30.1 Å². The lowest BCUT2D eigenvalue weighted by atomic mass is 9.90. The van der Waals surface area contributed by atoms with Gasteiger partial charge in [0, 0.05) is 24.6 Å². The van der Waals surface area contributed by atoms with Crippen LogP contribution in [0.2, 0.25) is 0 Å². The lowest BCUT2D eigenvalue weighted by Crippen LogP contribution is -2.53. The van der Waals surface area contributed by atoms with E-state index in [1.807, 2.05) is 5.32 Å². The summed E-state index contributed by atoms with van der Waals surface area (Å²) in [5, 5.41) is 4.37. The average molecular weight is 397 g/mol. The number of hydrogen-bond acceptors (Lipinski definition) is 5. The largest absolute Gasteiger partial charge is 0.322 e. The van der Waals surface area contributed by atoms with Crippen molar-refractivity contribution >= 4 is 27.7 Å². The summed E-state index contributed by atoms with van der Waals surface area (Å²) in [4.78, 5) is 35.6. The zero-order chi connectivity index (χ0) is 19.8. The Kier molecular flexibility index (Phi) is 5.04. The number of piperidine rings is 1. The highest BCUT2D eigenvalue weighted by atomic mass is 32.2. The van der Waals surface area contributed by atoms with E-state index < -0.39 is 39.1 Å². The van der Waals surface area contributed by atoms with E-state index in [-0.39, 0.29) is 24.8 Å². The molecule has 8 nitrogen and oxygen atoms in total. The van der Waals surface area contributed by atoms with Gasteiger partial charge in [-0.2, -0.15) is 0 Å². The molecule has 1 aromatic carbocycles. The van der Waals surface area contributed by atoms with E-state index in [2.05, 4.69) is 5.32 Å². The Balaban J connectivity index is 1.63. The predicted octanol–water partition coefficient (Wildman–Crippen LogP) is 0.648. The van der Waals surface area contributed by atoms with E-state index in [0.29, 0.717) is 18.4 Å². The first kappa shape index (κ1) is 19.4. The minimum Gasteiger partial charge on any atom is -0.322 e. The topological polar surface area (TPSA) is 113 Å². The second-order valence-electron chi connectivity index (χ2n) is 7.04. The van der Waals surface area contributed by atoms with Crippen molar-refractivity contribution in [2.45, 2.75) is 25.3 Å². The van der Waals surface area contributed by atoms with Gasteiger partial charge in [-0.15, -0.1) is 0 Å². The van der Waals surface area contributed by atoms with E-state index >= 15 is 0 Å². The smallest absolute Gasteiger partial charge is 0.322 e. The van der Waals surface area contributed by atoms with Gasteiger partial charge in [0.05, 0.1) is 5.75 Å². The quantitative estimate of drug-likeness (QED) is 0.560. The molecule has 1 aromatic rings. The molecular formula is C17H20FN3O5S. The zero-order valence-electron chi connectivity index (χ0n) is 14.7.